The molecule has 2 aromatic carbocycles. The van der Waals surface area contributed by atoms with Crippen LogP contribution in [0.25, 0.3) is 11.0 Å². The van der Waals surface area contributed by atoms with Crippen LogP contribution in [-0.4, -0.2) is 27.8 Å². The number of benzene rings is 2. The number of hydrogen-bond donors (Lipinski definition) is 1. The van der Waals surface area contributed by atoms with Crippen LogP contribution in [-0.2, 0) is 13.0 Å². The van der Waals surface area contributed by atoms with Crippen molar-refractivity contribution in [3.05, 3.63) is 68.5 Å². The predicted molar refractivity (Wildman–Crippen MR) is 111 cm³/mol. The van der Waals surface area contributed by atoms with Crippen LogP contribution < -0.4 is 20.0 Å². The van der Waals surface area contributed by atoms with E-state index in [2.05, 4.69) is 7.05 Å². The first-order valence-electron chi connectivity index (χ1n) is 9.16. The topological polar surface area (TPSA) is 53.1 Å². The quantitative estimate of drug-likeness (QED) is 0.617. The van der Waals surface area contributed by atoms with Crippen LogP contribution in [0, 0.1) is 6.92 Å². The highest BCUT2D eigenvalue weighted by atomic mass is 35.5. The second kappa shape index (κ2) is 8.67. The highest BCUT2D eigenvalue weighted by Gasteiger charge is 2.13. The fraction of sp³-hybridized carbons (Fsp3) is 0.318. The number of methoxy groups -OCH3 is 2. The lowest BCUT2D eigenvalue weighted by Crippen LogP contribution is -3.07. The molecule has 0 fully saturated rings. The number of quaternary nitrogens is 1. The fourth-order valence-electron chi connectivity index (χ4n) is 3.30. The lowest BCUT2D eigenvalue weighted by Gasteiger charge is -2.16. The Labute approximate surface area is 169 Å². The molecule has 1 heterocycles. The Morgan fingerprint density at radius 1 is 1.07 bits per heavy atom. The molecular formula is C22H25ClNO4+. The van der Waals surface area contributed by atoms with Gasteiger partial charge in [-0.3, -0.25) is 0 Å². The minimum atomic E-state index is -0.336. The second-order valence-corrected chi connectivity index (χ2v) is 7.42. The van der Waals surface area contributed by atoms with Crippen LogP contribution in [0.3, 0.4) is 0 Å². The molecule has 0 aliphatic heterocycles. The van der Waals surface area contributed by atoms with Gasteiger partial charge in [0.15, 0.2) is 11.5 Å². The van der Waals surface area contributed by atoms with Crippen molar-refractivity contribution in [2.45, 2.75) is 19.9 Å². The van der Waals surface area contributed by atoms with Crippen molar-refractivity contribution >= 4 is 22.6 Å². The molecule has 0 radical (unpaired) electrons. The molecule has 1 unspecified atom stereocenters. The first-order chi connectivity index (χ1) is 13.4. The van der Waals surface area contributed by atoms with Crippen LogP contribution in [0.4, 0.5) is 0 Å². The number of hydrogen-bond acceptors (Lipinski definition) is 4. The minimum Gasteiger partial charge on any atom is -0.493 e. The third-order valence-electron chi connectivity index (χ3n) is 4.89. The van der Waals surface area contributed by atoms with Gasteiger partial charge in [0.1, 0.15) is 12.1 Å². The highest BCUT2D eigenvalue weighted by Crippen LogP contribution is 2.27. The van der Waals surface area contributed by atoms with Crippen LogP contribution in [0.5, 0.6) is 11.5 Å². The lowest BCUT2D eigenvalue weighted by molar-refractivity contribution is -0.893. The molecule has 0 spiro atoms. The van der Waals surface area contributed by atoms with E-state index < -0.39 is 0 Å². The molecule has 1 aromatic heterocycles. The van der Waals surface area contributed by atoms with Gasteiger partial charge >= 0.3 is 5.63 Å². The minimum absolute atomic E-state index is 0.336. The van der Waals surface area contributed by atoms with Crippen LogP contribution >= 0.6 is 11.6 Å². The van der Waals surface area contributed by atoms with E-state index in [4.69, 9.17) is 25.5 Å². The number of ether oxygens (including phenoxy) is 2. The normalized spacial score (nSPS) is 12.2. The standard InChI is InChI=1S/C22H24ClNO4/c1-14-9-20-17(12-18(14)23)16(11-22(25)28-20)13-24(2)8-7-15-5-6-19(26-3)21(10-15)27-4/h5-6,9-12H,7-8,13H2,1-4H3/p+1. The summed E-state index contributed by atoms with van der Waals surface area (Å²) in [5, 5.41) is 1.56. The van der Waals surface area contributed by atoms with Crippen LogP contribution in [0.1, 0.15) is 16.7 Å². The van der Waals surface area contributed by atoms with Gasteiger partial charge in [0, 0.05) is 28.5 Å². The number of fused-ring (bicyclic) bond motifs is 1. The van der Waals surface area contributed by atoms with E-state index >= 15 is 0 Å². The Morgan fingerprint density at radius 2 is 1.82 bits per heavy atom. The summed E-state index contributed by atoms with van der Waals surface area (Å²) in [4.78, 5) is 13.2. The zero-order valence-electron chi connectivity index (χ0n) is 16.6. The van der Waals surface area contributed by atoms with Crippen LogP contribution in [0.2, 0.25) is 5.02 Å². The maximum absolute atomic E-state index is 12.0. The van der Waals surface area contributed by atoms with Crippen molar-refractivity contribution in [1.82, 2.24) is 0 Å². The van der Waals surface area contributed by atoms with E-state index in [1.54, 1.807) is 20.3 Å². The molecule has 0 bridgehead atoms. The first-order valence-corrected chi connectivity index (χ1v) is 9.54. The van der Waals surface area contributed by atoms with Crippen molar-refractivity contribution in [1.29, 1.82) is 0 Å². The molecular weight excluding hydrogens is 378 g/mol. The van der Waals surface area contributed by atoms with Crippen molar-refractivity contribution in [3.8, 4) is 11.5 Å². The molecule has 0 saturated heterocycles. The van der Waals surface area contributed by atoms with Gasteiger partial charge in [0.05, 0.1) is 27.8 Å². The zero-order chi connectivity index (χ0) is 20.3. The number of halogens is 1. The van der Waals surface area contributed by atoms with Gasteiger partial charge in [-0.1, -0.05) is 17.7 Å². The summed E-state index contributed by atoms with van der Waals surface area (Å²) < 4.78 is 16.0. The maximum atomic E-state index is 12.0. The molecule has 6 heteroatoms. The SMILES string of the molecule is COc1ccc(CC[NH+](C)Cc2cc(=O)oc3cc(C)c(Cl)cc23)cc1OC. The summed E-state index contributed by atoms with van der Waals surface area (Å²) in [5.41, 5.74) is 3.25. The van der Waals surface area contributed by atoms with Crippen molar-refractivity contribution in [2.24, 2.45) is 0 Å². The van der Waals surface area contributed by atoms with Gasteiger partial charge in [-0.25, -0.2) is 4.79 Å². The molecule has 5 nitrogen and oxygen atoms in total. The van der Waals surface area contributed by atoms with Gasteiger partial charge in [-0.2, -0.15) is 0 Å². The number of nitrogens with one attached hydrogen (secondary N) is 1. The molecule has 0 aliphatic carbocycles. The summed E-state index contributed by atoms with van der Waals surface area (Å²) in [7, 11) is 5.37. The lowest BCUT2D eigenvalue weighted by atomic mass is 10.1. The van der Waals surface area contributed by atoms with E-state index in [-0.39, 0.29) is 5.63 Å². The smallest absolute Gasteiger partial charge is 0.336 e. The summed E-state index contributed by atoms with van der Waals surface area (Å²) in [6.07, 6.45) is 0.880. The molecule has 1 atom stereocenters. The third kappa shape index (κ3) is 4.49. The maximum Gasteiger partial charge on any atom is 0.336 e. The molecule has 0 saturated carbocycles. The number of likely N-dealkylation sites (N-methyl/N-ethyl adjacent to an activating group) is 1. The van der Waals surface area contributed by atoms with E-state index in [9.17, 15) is 4.79 Å². The van der Waals surface area contributed by atoms with Crippen molar-refractivity contribution < 1.29 is 18.8 Å². The molecule has 0 aliphatic rings. The first kappa shape index (κ1) is 20.2. The highest BCUT2D eigenvalue weighted by molar-refractivity contribution is 6.32. The molecule has 3 rings (SSSR count). The molecule has 0 amide bonds. The van der Waals surface area contributed by atoms with E-state index in [1.165, 1.54) is 10.5 Å². The van der Waals surface area contributed by atoms with Gasteiger partial charge in [-0.05, 0) is 42.3 Å². The Bertz CT molecular complexity index is 1040. The van der Waals surface area contributed by atoms with E-state index in [0.29, 0.717) is 17.2 Å². The average Bonchev–Trinajstić information content (AvgIpc) is 2.67. The average molecular weight is 403 g/mol. The van der Waals surface area contributed by atoms with E-state index in [0.717, 1.165) is 41.0 Å². The van der Waals surface area contributed by atoms with Crippen LogP contribution in [0.15, 0.2) is 45.6 Å². The molecule has 3 aromatic rings. The molecule has 1 N–H and O–H groups in total. The Hall–Kier alpha value is -2.50. The van der Waals surface area contributed by atoms with E-state index in [1.807, 2.05) is 37.3 Å². The Morgan fingerprint density at radius 3 is 2.54 bits per heavy atom. The molecule has 28 heavy (non-hydrogen) atoms. The summed E-state index contributed by atoms with van der Waals surface area (Å²) in [6, 6.07) is 11.2. The van der Waals surface area contributed by atoms with Gasteiger partial charge in [-0.15, -0.1) is 0 Å². The number of rotatable bonds is 7. The Balaban J connectivity index is 1.76. The summed E-state index contributed by atoms with van der Waals surface area (Å²) >= 11 is 6.28. The summed E-state index contributed by atoms with van der Waals surface area (Å²) in [5.74, 6) is 1.45. The summed E-state index contributed by atoms with van der Waals surface area (Å²) in [6.45, 7) is 3.50. The molecule has 148 valence electrons. The second-order valence-electron chi connectivity index (χ2n) is 7.01. The van der Waals surface area contributed by atoms with Crippen molar-refractivity contribution in [3.63, 3.8) is 0 Å². The zero-order valence-corrected chi connectivity index (χ0v) is 17.4. The van der Waals surface area contributed by atoms with Gasteiger partial charge in [0.25, 0.3) is 0 Å². The van der Waals surface area contributed by atoms with Gasteiger partial charge in [0.2, 0.25) is 0 Å². The fourth-order valence-corrected chi connectivity index (χ4v) is 3.47. The third-order valence-corrected chi connectivity index (χ3v) is 5.30. The largest absolute Gasteiger partial charge is 0.493 e. The van der Waals surface area contributed by atoms with Crippen molar-refractivity contribution in [2.75, 3.05) is 27.8 Å². The van der Waals surface area contributed by atoms with Gasteiger partial charge < -0.3 is 18.8 Å². The predicted octanol–water partition coefficient (Wildman–Crippen LogP) is 3.03. The monoisotopic (exact) mass is 402 g/mol. The number of aryl methyl sites for hydroxylation is 1. The Kier molecular flexibility index (Phi) is 6.27.